The van der Waals surface area contributed by atoms with Crippen LogP contribution >= 0.6 is 0 Å². The second-order valence-corrected chi connectivity index (χ2v) is 6.07. The summed E-state index contributed by atoms with van der Waals surface area (Å²) in [6.45, 7) is 9.85. The van der Waals surface area contributed by atoms with Crippen molar-refractivity contribution in [3.63, 3.8) is 0 Å². The minimum absolute atomic E-state index is 0.103. The summed E-state index contributed by atoms with van der Waals surface area (Å²) in [5.41, 5.74) is 2.75. The first-order valence-electron chi connectivity index (χ1n) is 7.36. The average molecular weight is 264 g/mol. The van der Waals surface area contributed by atoms with Crippen LogP contribution in [0.15, 0.2) is 18.2 Å². The molecule has 2 nitrogen and oxygen atoms in total. The lowest BCUT2D eigenvalue weighted by atomic mass is 9.85. The van der Waals surface area contributed by atoms with Crippen LogP contribution in [0.1, 0.15) is 58.1 Å². The quantitative estimate of drug-likeness (QED) is 0.752. The van der Waals surface area contributed by atoms with E-state index in [9.17, 15) is 0 Å². The van der Waals surface area contributed by atoms with Gasteiger partial charge in [0.05, 0.1) is 6.61 Å². The van der Waals surface area contributed by atoms with E-state index in [-0.39, 0.29) is 12.0 Å². The summed E-state index contributed by atoms with van der Waals surface area (Å²) in [6, 6.07) is 6.52. The van der Waals surface area contributed by atoms with E-state index in [2.05, 4.69) is 45.9 Å². The lowest BCUT2D eigenvalue weighted by molar-refractivity contribution is 0.264. The number of aliphatic hydroxyl groups excluding tert-OH is 1. The van der Waals surface area contributed by atoms with Crippen molar-refractivity contribution in [1.82, 2.24) is 0 Å². The van der Waals surface area contributed by atoms with Crippen molar-refractivity contribution in [2.24, 2.45) is 0 Å². The number of unbranched alkanes of at least 4 members (excludes halogenated alkanes) is 2. The van der Waals surface area contributed by atoms with Gasteiger partial charge in [-0.2, -0.15) is 0 Å². The van der Waals surface area contributed by atoms with Crippen LogP contribution in [0.3, 0.4) is 0 Å². The van der Waals surface area contributed by atoms with Gasteiger partial charge >= 0.3 is 0 Å². The second-order valence-electron chi connectivity index (χ2n) is 6.07. The van der Waals surface area contributed by atoms with Crippen molar-refractivity contribution in [3.05, 3.63) is 29.3 Å². The molecule has 0 bridgehead atoms. The fourth-order valence-corrected chi connectivity index (χ4v) is 2.08. The van der Waals surface area contributed by atoms with E-state index in [1.165, 1.54) is 11.1 Å². The maximum Gasteiger partial charge on any atom is 0.123 e. The number of hydrogen-bond acceptors (Lipinski definition) is 2. The molecule has 0 saturated carbocycles. The summed E-state index contributed by atoms with van der Waals surface area (Å²) in [7, 11) is 0. The lowest BCUT2D eigenvalue weighted by Gasteiger charge is -2.23. The first-order chi connectivity index (χ1) is 8.99. The van der Waals surface area contributed by atoms with Gasteiger partial charge in [0.2, 0.25) is 0 Å². The average Bonchev–Trinajstić information content (AvgIpc) is 2.37. The molecule has 1 aromatic rings. The molecule has 1 aromatic carbocycles. The molecule has 0 radical (unpaired) electrons. The summed E-state index contributed by atoms with van der Waals surface area (Å²) in [5.74, 6) is 1.01. The van der Waals surface area contributed by atoms with Crippen LogP contribution in [0.5, 0.6) is 5.75 Å². The van der Waals surface area contributed by atoms with Gasteiger partial charge in [-0.1, -0.05) is 39.8 Å². The zero-order valence-electron chi connectivity index (χ0n) is 12.8. The smallest absolute Gasteiger partial charge is 0.123 e. The molecule has 2 heteroatoms. The van der Waals surface area contributed by atoms with Crippen molar-refractivity contribution < 1.29 is 9.84 Å². The number of aliphatic hydroxyl groups is 1. The Hall–Kier alpha value is -1.02. The van der Waals surface area contributed by atoms with Gasteiger partial charge in [-0.3, -0.25) is 0 Å². The summed E-state index contributed by atoms with van der Waals surface area (Å²) < 4.78 is 5.93. The maximum absolute atomic E-state index is 8.75. The van der Waals surface area contributed by atoms with Crippen LogP contribution in [-0.2, 0) is 11.8 Å². The third-order valence-corrected chi connectivity index (χ3v) is 3.32. The van der Waals surface area contributed by atoms with Crippen LogP contribution in [0.2, 0.25) is 0 Å². The van der Waals surface area contributed by atoms with Crippen molar-refractivity contribution in [2.45, 2.75) is 58.8 Å². The molecule has 0 saturated heterocycles. The predicted molar refractivity (Wildman–Crippen MR) is 81.0 cm³/mol. The van der Waals surface area contributed by atoms with Gasteiger partial charge in [-0.25, -0.2) is 0 Å². The number of hydrogen-bond donors (Lipinski definition) is 1. The third-order valence-electron chi connectivity index (χ3n) is 3.32. The Labute approximate surface area is 117 Å². The van der Waals surface area contributed by atoms with E-state index in [1.54, 1.807) is 0 Å². The van der Waals surface area contributed by atoms with E-state index < -0.39 is 0 Å². The highest BCUT2D eigenvalue weighted by Crippen LogP contribution is 2.32. The van der Waals surface area contributed by atoms with Gasteiger partial charge in [-0.05, 0) is 48.3 Å². The molecule has 1 rings (SSSR count). The Bertz CT molecular complexity index is 377. The monoisotopic (exact) mass is 264 g/mol. The molecule has 0 fully saturated rings. The second kappa shape index (κ2) is 7.54. The molecule has 0 aliphatic rings. The van der Waals surface area contributed by atoms with E-state index in [1.807, 2.05) is 0 Å². The Morgan fingerprint density at radius 3 is 2.42 bits per heavy atom. The summed E-state index contributed by atoms with van der Waals surface area (Å²) in [6.07, 6.45) is 3.94. The number of ether oxygens (including phenoxy) is 1. The number of benzene rings is 1. The molecule has 0 unspecified atom stereocenters. The first kappa shape index (κ1) is 16.0. The van der Waals surface area contributed by atoms with Crippen LogP contribution in [0.4, 0.5) is 0 Å². The summed E-state index contributed by atoms with van der Waals surface area (Å²) >= 11 is 0. The minimum Gasteiger partial charge on any atom is -0.493 e. The molecule has 0 spiro atoms. The highest BCUT2D eigenvalue weighted by molar-refractivity contribution is 5.41. The fourth-order valence-electron chi connectivity index (χ4n) is 2.08. The van der Waals surface area contributed by atoms with Gasteiger partial charge in [0.1, 0.15) is 5.75 Å². The standard InChI is InChI=1S/C17H28O2/c1-5-14-9-10-16(15(13-14)17(2,3)4)19-12-8-6-7-11-18/h9-10,13,18H,5-8,11-12H2,1-4H3. The van der Waals surface area contributed by atoms with Crippen LogP contribution < -0.4 is 4.74 Å². The highest BCUT2D eigenvalue weighted by atomic mass is 16.5. The lowest BCUT2D eigenvalue weighted by Crippen LogP contribution is -2.14. The molecule has 0 aliphatic carbocycles. The van der Waals surface area contributed by atoms with Crippen LogP contribution in [-0.4, -0.2) is 18.3 Å². The summed E-state index contributed by atoms with van der Waals surface area (Å²) in [5, 5.41) is 8.75. The van der Waals surface area contributed by atoms with E-state index in [0.29, 0.717) is 0 Å². The molecule has 0 aromatic heterocycles. The molecule has 0 atom stereocenters. The Balaban J connectivity index is 2.71. The van der Waals surface area contributed by atoms with Crippen molar-refractivity contribution >= 4 is 0 Å². The topological polar surface area (TPSA) is 29.5 Å². The molecular weight excluding hydrogens is 236 g/mol. The predicted octanol–water partition coefficient (Wildman–Crippen LogP) is 4.09. The molecule has 0 heterocycles. The highest BCUT2D eigenvalue weighted by Gasteiger charge is 2.19. The zero-order valence-corrected chi connectivity index (χ0v) is 12.8. The Morgan fingerprint density at radius 1 is 1.11 bits per heavy atom. The van der Waals surface area contributed by atoms with Crippen molar-refractivity contribution in [1.29, 1.82) is 0 Å². The minimum atomic E-state index is 0.103. The molecule has 0 aliphatic heterocycles. The molecule has 1 N–H and O–H groups in total. The van der Waals surface area contributed by atoms with Gasteiger partial charge < -0.3 is 9.84 Å². The first-order valence-corrected chi connectivity index (χ1v) is 7.36. The van der Waals surface area contributed by atoms with Gasteiger partial charge in [-0.15, -0.1) is 0 Å². The van der Waals surface area contributed by atoms with E-state index in [4.69, 9.17) is 9.84 Å². The Kier molecular flexibility index (Phi) is 6.36. The fraction of sp³-hybridized carbons (Fsp3) is 0.647. The molecule has 19 heavy (non-hydrogen) atoms. The SMILES string of the molecule is CCc1ccc(OCCCCCO)c(C(C)(C)C)c1. The van der Waals surface area contributed by atoms with E-state index in [0.717, 1.165) is 38.0 Å². The number of aryl methyl sites for hydroxylation is 1. The van der Waals surface area contributed by atoms with E-state index >= 15 is 0 Å². The van der Waals surface area contributed by atoms with Gasteiger partial charge in [0.25, 0.3) is 0 Å². The summed E-state index contributed by atoms with van der Waals surface area (Å²) in [4.78, 5) is 0. The molecule has 108 valence electrons. The van der Waals surface area contributed by atoms with Gasteiger partial charge in [0.15, 0.2) is 0 Å². The molecular formula is C17H28O2. The normalized spacial score (nSPS) is 11.6. The molecule has 0 amide bonds. The van der Waals surface area contributed by atoms with Crippen molar-refractivity contribution in [3.8, 4) is 5.75 Å². The zero-order chi connectivity index (χ0) is 14.3. The van der Waals surface area contributed by atoms with Gasteiger partial charge in [0, 0.05) is 6.61 Å². The van der Waals surface area contributed by atoms with Crippen molar-refractivity contribution in [2.75, 3.05) is 13.2 Å². The van der Waals surface area contributed by atoms with Crippen LogP contribution in [0.25, 0.3) is 0 Å². The number of rotatable bonds is 7. The van der Waals surface area contributed by atoms with Crippen LogP contribution in [0, 0.1) is 0 Å². The third kappa shape index (κ3) is 5.23. The Morgan fingerprint density at radius 2 is 1.84 bits per heavy atom. The maximum atomic E-state index is 8.75. The largest absolute Gasteiger partial charge is 0.493 e.